The molecule has 1 aliphatic heterocycles. The highest BCUT2D eigenvalue weighted by atomic mass is 32.3. The van der Waals surface area contributed by atoms with E-state index in [0.717, 1.165) is 12.3 Å². The van der Waals surface area contributed by atoms with Gasteiger partial charge in [0.25, 0.3) is 0 Å². The molecule has 4 saturated carbocycles. The third-order valence-corrected chi connectivity index (χ3v) is 13.8. The van der Waals surface area contributed by atoms with Crippen molar-refractivity contribution in [2.45, 2.75) is 117 Å². The van der Waals surface area contributed by atoms with Crippen molar-refractivity contribution < 1.29 is 28.8 Å². The molecule has 0 aromatic rings. The van der Waals surface area contributed by atoms with Crippen LogP contribution in [-0.4, -0.2) is 29.0 Å². The van der Waals surface area contributed by atoms with E-state index in [2.05, 4.69) is 38.2 Å². The van der Waals surface area contributed by atoms with E-state index in [1.54, 1.807) is 0 Å². The highest BCUT2D eigenvalue weighted by molar-refractivity contribution is 7.95. The summed E-state index contributed by atoms with van der Waals surface area (Å²) in [6, 6.07) is 0. The summed E-state index contributed by atoms with van der Waals surface area (Å²) in [5, 5.41) is 0. The molecule has 5 aliphatic rings. The molecule has 10 atom stereocenters. The molecule has 0 aromatic heterocycles. The monoisotopic (exact) mass is 546 g/mol. The van der Waals surface area contributed by atoms with Crippen molar-refractivity contribution in [2.75, 3.05) is 0 Å². The summed E-state index contributed by atoms with van der Waals surface area (Å²) in [7, 11) is -9.39. The van der Waals surface area contributed by atoms with Gasteiger partial charge in [-0.2, -0.15) is 16.8 Å². The van der Waals surface area contributed by atoms with Crippen LogP contribution in [0.25, 0.3) is 0 Å². The van der Waals surface area contributed by atoms with Gasteiger partial charge >= 0.3 is 20.8 Å². The van der Waals surface area contributed by atoms with Gasteiger partial charge in [0.05, 0.1) is 12.2 Å². The van der Waals surface area contributed by atoms with Gasteiger partial charge in [-0.25, -0.2) is 8.37 Å². The van der Waals surface area contributed by atoms with Crippen molar-refractivity contribution in [3.05, 3.63) is 0 Å². The predicted molar refractivity (Wildman–Crippen MR) is 137 cm³/mol. The Balaban J connectivity index is 1.42. The first-order valence-electron chi connectivity index (χ1n) is 14.3. The molecule has 5 fully saturated rings. The van der Waals surface area contributed by atoms with Crippen LogP contribution in [0.1, 0.15) is 105 Å². The molecule has 36 heavy (non-hydrogen) atoms. The van der Waals surface area contributed by atoms with Gasteiger partial charge in [0.2, 0.25) is 0 Å². The topological polar surface area (TPSA) is 96.0 Å². The van der Waals surface area contributed by atoms with E-state index < -0.39 is 33.0 Å². The second-order valence-corrected chi connectivity index (χ2v) is 16.3. The zero-order valence-corrected chi connectivity index (χ0v) is 24.3. The first kappa shape index (κ1) is 27.4. The minimum atomic E-state index is -4.72. The van der Waals surface area contributed by atoms with Gasteiger partial charge in [0.15, 0.2) is 0 Å². The van der Waals surface area contributed by atoms with E-state index in [9.17, 15) is 16.8 Å². The van der Waals surface area contributed by atoms with Crippen LogP contribution in [0, 0.1) is 52.3 Å². The Bertz CT molecular complexity index is 1040. The lowest BCUT2D eigenvalue weighted by molar-refractivity contribution is -0.162. The normalized spacial score (nSPS) is 48.2. The highest BCUT2D eigenvalue weighted by Gasteiger charge is 2.64. The Morgan fingerprint density at radius 2 is 1.44 bits per heavy atom. The Morgan fingerprint density at radius 1 is 0.778 bits per heavy atom. The van der Waals surface area contributed by atoms with Crippen molar-refractivity contribution in [1.82, 2.24) is 0 Å². The van der Waals surface area contributed by atoms with Crippen molar-refractivity contribution >= 4 is 20.8 Å². The molecule has 5 rings (SSSR count). The van der Waals surface area contributed by atoms with Gasteiger partial charge in [-0.05, 0) is 104 Å². The van der Waals surface area contributed by atoms with Crippen LogP contribution in [0.15, 0.2) is 0 Å². The molecule has 1 heterocycles. The average molecular weight is 547 g/mol. The quantitative estimate of drug-likeness (QED) is 0.417. The largest absolute Gasteiger partial charge is 0.416 e. The van der Waals surface area contributed by atoms with Crippen LogP contribution >= 0.6 is 0 Å². The lowest BCUT2D eigenvalue weighted by Crippen LogP contribution is -2.59. The van der Waals surface area contributed by atoms with Crippen molar-refractivity contribution in [3.63, 3.8) is 0 Å². The van der Waals surface area contributed by atoms with Gasteiger partial charge < -0.3 is 0 Å². The zero-order valence-electron chi connectivity index (χ0n) is 22.6. The molecule has 9 heteroatoms. The van der Waals surface area contributed by atoms with Gasteiger partial charge in [-0.15, -0.1) is 3.63 Å². The number of fused-ring (bicyclic) bond motifs is 5. The molecule has 7 nitrogen and oxygen atoms in total. The van der Waals surface area contributed by atoms with Crippen LogP contribution in [-0.2, 0) is 32.8 Å². The highest BCUT2D eigenvalue weighted by Crippen LogP contribution is 2.69. The predicted octanol–water partition coefficient (Wildman–Crippen LogP) is 6.01. The molecular weight excluding hydrogens is 500 g/mol. The Morgan fingerprint density at radius 3 is 2.17 bits per heavy atom. The van der Waals surface area contributed by atoms with Gasteiger partial charge in [-0.3, -0.25) is 0 Å². The zero-order chi connectivity index (χ0) is 26.1. The summed E-state index contributed by atoms with van der Waals surface area (Å²) < 4.78 is 64.9. The van der Waals surface area contributed by atoms with Crippen molar-refractivity contribution in [2.24, 2.45) is 52.3 Å². The van der Waals surface area contributed by atoms with Crippen LogP contribution < -0.4 is 0 Å². The van der Waals surface area contributed by atoms with E-state index >= 15 is 0 Å². The molecule has 4 aliphatic carbocycles. The van der Waals surface area contributed by atoms with Crippen LogP contribution in [0.4, 0.5) is 0 Å². The van der Waals surface area contributed by atoms with Crippen LogP contribution in [0.3, 0.4) is 0 Å². The minimum Gasteiger partial charge on any atom is -0.244 e. The molecule has 1 saturated heterocycles. The lowest BCUT2D eigenvalue weighted by Gasteiger charge is -2.62. The van der Waals surface area contributed by atoms with E-state index in [4.69, 9.17) is 8.37 Å². The van der Waals surface area contributed by atoms with E-state index in [0.29, 0.717) is 48.9 Å². The molecule has 0 N–H and O–H groups in total. The van der Waals surface area contributed by atoms with Crippen LogP contribution in [0.2, 0.25) is 0 Å². The smallest absolute Gasteiger partial charge is 0.244 e. The van der Waals surface area contributed by atoms with E-state index in [1.165, 1.54) is 44.9 Å². The maximum Gasteiger partial charge on any atom is 0.416 e. The number of rotatable bonds is 5. The number of hydrogen-bond acceptors (Lipinski definition) is 7. The SMILES string of the molecule is CC(C)CCCC(C)C1CCC2C3CC4OS(=O)(=O)OS(=O)(=O)OC5CCC(C)(C4C5)C3CCC12C. The molecule has 0 spiro atoms. The molecule has 2 bridgehead atoms. The molecule has 10 unspecified atom stereocenters. The van der Waals surface area contributed by atoms with E-state index in [-0.39, 0.29) is 16.7 Å². The summed E-state index contributed by atoms with van der Waals surface area (Å²) in [5.74, 6) is 3.58. The molecule has 0 aromatic carbocycles. The summed E-state index contributed by atoms with van der Waals surface area (Å²) in [6.07, 6.45) is 10.2. The van der Waals surface area contributed by atoms with Crippen LogP contribution in [0.5, 0.6) is 0 Å². The summed E-state index contributed by atoms with van der Waals surface area (Å²) in [4.78, 5) is 0. The van der Waals surface area contributed by atoms with E-state index in [1.807, 2.05) is 0 Å². The summed E-state index contributed by atoms with van der Waals surface area (Å²) in [5.41, 5.74) is 0.193. The second kappa shape index (κ2) is 9.46. The fourth-order valence-corrected chi connectivity index (χ4v) is 12.0. The third kappa shape index (κ3) is 4.82. The molecule has 0 radical (unpaired) electrons. The molecule has 0 amide bonds. The fourth-order valence-electron chi connectivity index (χ4n) is 9.90. The second-order valence-electron chi connectivity index (χ2n) is 13.8. The first-order chi connectivity index (χ1) is 16.7. The standard InChI is InChI=1S/C27H46O7S2/c1-17(2)7-6-8-18(3)21-9-10-22-20-16-25-24-15-19(32-35(28,29)34-36(30,31)33-25)11-13-27(24,5)23(20)12-14-26(21,22)4/h17-25H,6-16H2,1-5H3. The van der Waals surface area contributed by atoms with Crippen molar-refractivity contribution in [3.8, 4) is 0 Å². The third-order valence-electron chi connectivity index (χ3n) is 11.5. The summed E-state index contributed by atoms with van der Waals surface area (Å²) >= 11 is 0. The van der Waals surface area contributed by atoms with Gasteiger partial charge in [-0.1, -0.05) is 53.9 Å². The van der Waals surface area contributed by atoms with Gasteiger partial charge in [0.1, 0.15) is 0 Å². The molecule has 208 valence electrons. The Hall–Kier alpha value is -0.220. The number of hydrogen-bond donors (Lipinski definition) is 0. The lowest BCUT2D eigenvalue weighted by atomic mass is 9.43. The minimum absolute atomic E-state index is 0.0549. The average Bonchev–Trinajstić information content (AvgIpc) is 3.11. The van der Waals surface area contributed by atoms with Crippen molar-refractivity contribution in [1.29, 1.82) is 0 Å². The summed E-state index contributed by atoms with van der Waals surface area (Å²) in [6.45, 7) is 11.9. The fraction of sp³-hybridized carbons (Fsp3) is 1.00. The Kier molecular flexibility index (Phi) is 7.19. The van der Waals surface area contributed by atoms with Gasteiger partial charge in [0, 0.05) is 0 Å². The maximum absolute atomic E-state index is 12.6. The Labute approximate surface area is 219 Å². The first-order valence-corrected chi connectivity index (χ1v) is 17.0. The molecular formula is C27H46O7S2. The maximum atomic E-state index is 12.6.